The lowest BCUT2D eigenvalue weighted by Crippen LogP contribution is -2.44. The molecule has 0 bridgehead atoms. The third kappa shape index (κ3) is 2.46. The van der Waals surface area contributed by atoms with Crippen molar-refractivity contribution in [2.45, 2.75) is 39.2 Å². The molecule has 1 atom stereocenters. The predicted molar refractivity (Wildman–Crippen MR) is 51.1 cm³/mol. The summed E-state index contributed by atoms with van der Waals surface area (Å²) in [6, 6.07) is 0.394. The topological polar surface area (TPSA) is 23.5 Å². The molecule has 0 aliphatic carbocycles. The number of aliphatic hydroxyl groups is 1. The summed E-state index contributed by atoms with van der Waals surface area (Å²) in [6.07, 6.45) is 3.99. The van der Waals surface area contributed by atoms with E-state index in [9.17, 15) is 5.11 Å². The molecule has 2 heteroatoms. The molecule has 1 aliphatic rings. The largest absolute Gasteiger partial charge is 0.395 e. The van der Waals surface area contributed by atoms with Crippen molar-refractivity contribution in [3.8, 4) is 0 Å². The minimum Gasteiger partial charge on any atom is -0.395 e. The highest BCUT2D eigenvalue weighted by atomic mass is 16.3. The average molecular weight is 171 g/mol. The molecule has 0 amide bonds. The maximum absolute atomic E-state index is 9.21. The number of aliphatic hydroxyl groups excluding tert-OH is 1. The van der Waals surface area contributed by atoms with Crippen molar-refractivity contribution < 1.29 is 5.11 Å². The van der Waals surface area contributed by atoms with E-state index in [0.717, 1.165) is 0 Å². The van der Waals surface area contributed by atoms with Crippen LogP contribution in [-0.2, 0) is 0 Å². The fourth-order valence-electron chi connectivity index (χ4n) is 2.00. The molecule has 1 rings (SSSR count). The Morgan fingerprint density at radius 2 is 1.75 bits per heavy atom. The van der Waals surface area contributed by atoms with Crippen molar-refractivity contribution in [1.82, 2.24) is 4.90 Å². The summed E-state index contributed by atoms with van der Waals surface area (Å²) in [5.74, 6) is 0.577. The number of nitrogens with zero attached hydrogens (tertiary/aromatic N) is 1. The Hall–Kier alpha value is -0.0800. The molecule has 1 N–H and O–H groups in total. The number of rotatable bonds is 3. The molecule has 12 heavy (non-hydrogen) atoms. The van der Waals surface area contributed by atoms with Gasteiger partial charge in [0.1, 0.15) is 0 Å². The third-order valence-corrected chi connectivity index (χ3v) is 2.82. The molecule has 0 aromatic heterocycles. The van der Waals surface area contributed by atoms with Crippen LogP contribution in [0.5, 0.6) is 0 Å². The van der Waals surface area contributed by atoms with Gasteiger partial charge < -0.3 is 5.11 Å². The van der Waals surface area contributed by atoms with Gasteiger partial charge in [0.15, 0.2) is 0 Å². The second-order valence-corrected chi connectivity index (χ2v) is 4.09. The highest BCUT2D eigenvalue weighted by Gasteiger charge is 2.22. The normalized spacial score (nSPS) is 23.0. The van der Waals surface area contributed by atoms with Gasteiger partial charge in [0.2, 0.25) is 0 Å². The Morgan fingerprint density at radius 3 is 2.17 bits per heavy atom. The van der Waals surface area contributed by atoms with E-state index in [0.29, 0.717) is 18.6 Å². The summed E-state index contributed by atoms with van der Waals surface area (Å²) in [5.41, 5.74) is 0. The van der Waals surface area contributed by atoms with E-state index in [1.54, 1.807) is 0 Å². The van der Waals surface area contributed by atoms with Gasteiger partial charge >= 0.3 is 0 Å². The molecular weight excluding hydrogens is 150 g/mol. The average Bonchev–Trinajstić information content (AvgIpc) is 2.07. The van der Waals surface area contributed by atoms with E-state index in [4.69, 9.17) is 0 Å². The van der Waals surface area contributed by atoms with Gasteiger partial charge in [-0.3, -0.25) is 4.90 Å². The molecular formula is C10H21NO. The summed E-state index contributed by atoms with van der Waals surface area (Å²) in [5, 5.41) is 9.21. The first-order valence-electron chi connectivity index (χ1n) is 5.10. The standard InChI is InChI=1S/C10H21NO/c1-9(2)10(8-12)11-6-4-3-5-7-11/h9-10,12H,3-8H2,1-2H3. The molecule has 1 heterocycles. The monoisotopic (exact) mass is 171 g/mol. The van der Waals surface area contributed by atoms with Crippen LogP contribution in [0.25, 0.3) is 0 Å². The van der Waals surface area contributed by atoms with E-state index in [1.165, 1.54) is 32.4 Å². The zero-order valence-corrected chi connectivity index (χ0v) is 8.29. The second-order valence-electron chi connectivity index (χ2n) is 4.09. The van der Waals surface area contributed by atoms with Gasteiger partial charge in [-0.05, 0) is 31.8 Å². The van der Waals surface area contributed by atoms with E-state index in [-0.39, 0.29) is 0 Å². The summed E-state index contributed by atoms with van der Waals surface area (Å²) in [6.45, 7) is 7.06. The minimum atomic E-state index is 0.317. The second kappa shape index (κ2) is 4.83. The Labute approximate surface area is 75.6 Å². The lowest BCUT2D eigenvalue weighted by atomic mass is 10.0. The predicted octanol–water partition coefficient (Wildman–Crippen LogP) is 1.49. The first-order chi connectivity index (χ1) is 5.75. The van der Waals surface area contributed by atoms with E-state index in [2.05, 4.69) is 18.7 Å². The van der Waals surface area contributed by atoms with Crippen molar-refractivity contribution in [3.63, 3.8) is 0 Å². The first-order valence-corrected chi connectivity index (χ1v) is 5.10. The van der Waals surface area contributed by atoms with Gasteiger partial charge in [-0.2, -0.15) is 0 Å². The summed E-state index contributed by atoms with van der Waals surface area (Å²) in [4.78, 5) is 2.44. The molecule has 0 radical (unpaired) electrons. The smallest absolute Gasteiger partial charge is 0.0589 e. The van der Waals surface area contributed by atoms with Crippen LogP contribution in [0.1, 0.15) is 33.1 Å². The van der Waals surface area contributed by atoms with E-state index >= 15 is 0 Å². The quantitative estimate of drug-likeness (QED) is 0.695. The van der Waals surface area contributed by atoms with Crippen molar-refractivity contribution in [3.05, 3.63) is 0 Å². The molecule has 1 aliphatic heterocycles. The zero-order valence-electron chi connectivity index (χ0n) is 8.29. The molecule has 72 valence electrons. The van der Waals surface area contributed by atoms with Crippen LogP contribution in [0.2, 0.25) is 0 Å². The summed E-state index contributed by atoms with van der Waals surface area (Å²) >= 11 is 0. The van der Waals surface area contributed by atoms with Crippen LogP contribution in [0.3, 0.4) is 0 Å². The third-order valence-electron chi connectivity index (χ3n) is 2.82. The molecule has 2 nitrogen and oxygen atoms in total. The lowest BCUT2D eigenvalue weighted by Gasteiger charge is -2.35. The fraction of sp³-hybridized carbons (Fsp3) is 1.00. The Kier molecular flexibility index (Phi) is 4.02. The highest BCUT2D eigenvalue weighted by molar-refractivity contribution is 4.76. The van der Waals surface area contributed by atoms with Crippen LogP contribution >= 0.6 is 0 Å². The Bertz CT molecular complexity index is 119. The Balaban J connectivity index is 2.40. The van der Waals surface area contributed by atoms with Crippen molar-refractivity contribution in [2.24, 2.45) is 5.92 Å². The number of hydrogen-bond acceptors (Lipinski definition) is 2. The molecule has 1 fully saturated rings. The minimum absolute atomic E-state index is 0.317. The molecule has 0 saturated carbocycles. The van der Waals surface area contributed by atoms with Gasteiger partial charge in [-0.15, -0.1) is 0 Å². The highest BCUT2D eigenvalue weighted by Crippen LogP contribution is 2.16. The van der Waals surface area contributed by atoms with Crippen molar-refractivity contribution in [2.75, 3.05) is 19.7 Å². The maximum Gasteiger partial charge on any atom is 0.0589 e. The molecule has 1 unspecified atom stereocenters. The van der Waals surface area contributed by atoms with Crippen molar-refractivity contribution >= 4 is 0 Å². The van der Waals surface area contributed by atoms with Gasteiger partial charge in [-0.1, -0.05) is 20.3 Å². The fourth-order valence-corrected chi connectivity index (χ4v) is 2.00. The lowest BCUT2D eigenvalue weighted by molar-refractivity contribution is 0.0752. The van der Waals surface area contributed by atoms with E-state index in [1.807, 2.05) is 0 Å². The van der Waals surface area contributed by atoms with Crippen LogP contribution in [-0.4, -0.2) is 35.7 Å². The van der Waals surface area contributed by atoms with Crippen molar-refractivity contribution in [1.29, 1.82) is 0 Å². The first kappa shape index (κ1) is 10.0. The summed E-state index contributed by atoms with van der Waals surface area (Å²) < 4.78 is 0. The van der Waals surface area contributed by atoms with Crippen LogP contribution in [0, 0.1) is 5.92 Å². The van der Waals surface area contributed by atoms with E-state index < -0.39 is 0 Å². The summed E-state index contributed by atoms with van der Waals surface area (Å²) in [7, 11) is 0. The van der Waals surface area contributed by atoms with Gasteiger partial charge in [0.25, 0.3) is 0 Å². The number of likely N-dealkylation sites (tertiary alicyclic amines) is 1. The number of hydrogen-bond donors (Lipinski definition) is 1. The van der Waals surface area contributed by atoms with Gasteiger partial charge in [0.05, 0.1) is 6.61 Å². The van der Waals surface area contributed by atoms with Gasteiger partial charge in [-0.25, -0.2) is 0 Å². The van der Waals surface area contributed by atoms with Crippen LogP contribution in [0.15, 0.2) is 0 Å². The Morgan fingerprint density at radius 1 is 1.17 bits per heavy atom. The van der Waals surface area contributed by atoms with Crippen LogP contribution < -0.4 is 0 Å². The molecule has 1 saturated heterocycles. The van der Waals surface area contributed by atoms with Gasteiger partial charge in [0, 0.05) is 6.04 Å². The van der Waals surface area contributed by atoms with Crippen LogP contribution in [0.4, 0.5) is 0 Å². The SMILES string of the molecule is CC(C)C(CO)N1CCCCC1. The number of piperidine rings is 1. The molecule has 0 aromatic rings. The maximum atomic E-state index is 9.21. The molecule has 0 aromatic carbocycles. The zero-order chi connectivity index (χ0) is 8.97. The molecule has 0 spiro atoms.